The number of likely N-dealkylation sites (N-methyl/N-ethyl adjacent to an activating group) is 1. The largest absolute Gasteiger partial charge is 0.365 e. The molecular formula is C19H21ClFN3O2S. The van der Waals surface area contributed by atoms with Crippen LogP contribution in [0.15, 0.2) is 18.2 Å². The predicted octanol–water partition coefficient (Wildman–Crippen LogP) is 3.59. The van der Waals surface area contributed by atoms with E-state index in [1.165, 1.54) is 17.4 Å². The minimum atomic E-state index is -0.557. The average molecular weight is 410 g/mol. The highest BCUT2D eigenvalue weighted by atomic mass is 35.5. The van der Waals surface area contributed by atoms with E-state index < -0.39 is 17.8 Å². The fourth-order valence-corrected chi connectivity index (χ4v) is 4.76. The minimum Gasteiger partial charge on any atom is -0.365 e. The Bertz CT molecular complexity index is 879. The van der Waals surface area contributed by atoms with Crippen molar-refractivity contribution in [3.8, 4) is 0 Å². The molecule has 2 amide bonds. The third-order valence-electron chi connectivity index (χ3n) is 4.91. The van der Waals surface area contributed by atoms with Crippen LogP contribution in [0.25, 0.3) is 0 Å². The number of nitrogens with two attached hydrogens (primary N) is 1. The number of hydrogen-bond acceptors (Lipinski definition) is 4. The van der Waals surface area contributed by atoms with E-state index in [0.717, 1.165) is 29.7 Å². The zero-order valence-corrected chi connectivity index (χ0v) is 16.7. The molecule has 1 heterocycles. The highest BCUT2D eigenvalue weighted by Gasteiger charge is 2.28. The Morgan fingerprint density at radius 2 is 2.15 bits per heavy atom. The number of hydrogen-bond donors (Lipinski definition) is 2. The summed E-state index contributed by atoms with van der Waals surface area (Å²) in [4.78, 5) is 27.4. The van der Waals surface area contributed by atoms with Crippen molar-refractivity contribution in [2.24, 2.45) is 5.73 Å². The molecule has 1 aromatic heterocycles. The van der Waals surface area contributed by atoms with Gasteiger partial charge in [0.15, 0.2) is 0 Å². The van der Waals surface area contributed by atoms with Gasteiger partial charge in [-0.2, -0.15) is 0 Å². The van der Waals surface area contributed by atoms with E-state index >= 15 is 0 Å². The summed E-state index contributed by atoms with van der Waals surface area (Å²) in [5, 5.41) is 3.65. The lowest BCUT2D eigenvalue weighted by molar-refractivity contribution is -0.120. The van der Waals surface area contributed by atoms with Crippen molar-refractivity contribution in [1.29, 1.82) is 0 Å². The van der Waals surface area contributed by atoms with Crippen LogP contribution in [0.2, 0.25) is 5.02 Å². The van der Waals surface area contributed by atoms with Crippen LogP contribution in [-0.4, -0.2) is 29.8 Å². The van der Waals surface area contributed by atoms with Crippen LogP contribution in [0, 0.1) is 5.82 Å². The van der Waals surface area contributed by atoms with Crippen LogP contribution in [-0.2, 0) is 24.2 Å². The molecule has 27 heavy (non-hydrogen) atoms. The number of nitrogens with one attached hydrogen (secondary N) is 1. The predicted molar refractivity (Wildman–Crippen MR) is 106 cm³/mol. The molecule has 144 valence electrons. The van der Waals surface area contributed by atoms with Gasteiger partial charge in [-0.1, -0.05) is 17.7 Å². The van der Waals surface area contributed by atoms with Gasteiger partial charge < -0.3 is 11.1 Å². The summed E-state index contributed by atoms with van der Waals surface area (Å²) in [7, 11) is 1.72. The Morgan fingerprint density at radius 3 is 2.81 bits per heavy atom. The van der Waals surface area contributed by atoms with Crippen LogP contribution >= 0.6 is 22.9 Å². The summed E-state index contributed by atoms with van der Waals surface area (Å²) < 4.78 is 14.0. The molecule has 3 N–H and O–H groups in total. The molecular weight excluding hydrogens is 389 g/mol. The number of carbonyl (C=O) groups is 2. The monoisotopic (exact) mass is 409 g/mol. The molecule has 0 bridgehead atoms. The summed E-state index contributed by atoms with van der Waals surface area (Å²) >= 11 is 7.48. The lowest BCUT2D eigenvalue weighted by Gasteiger charge is -2.24. The van der Waals surface area contributed by atoms with E-state index in [0.29, 0.717) is 21.2 Å². The molecule has 0 radical (unpaired) electrons. The molecule has 1 aliphatic rings. The molecule has 3 rings (SSSR count). The number of aryl methyl sites for hydroxylation is 1. The second-order valence-electron chi connectivity index (χ2n) is 6.71. The van der Waals surface area contributed by atoms with Crippen molar-refractivity contribution in [3.63, 3.8) is 0 Å². The number of benzene rings is 1. The minimum absolute atomic E-state index is 0.184. The standard InChI is InChI=1S/C19H21ClFN3O2S/c1-10(24(2)9-12-13(20)6-4-7-14(12)21)18(26)23-19-16(17(22)25)11-5-3-8-15(11)27-19/h4,6-7,10H,3,5,8-9H2,1-2H3,(H2,22,25)(H,23,26). The molecule has 2 aromatic rings. The Kier molecular flexibility index (Phi) is 5.83. The van der Waals surface area contributed by atoms with Crippen LogP contribution in [0.4, 0.5) is 9.39 Å². The van der Waals surface area contributed by atoms with Gasteiger partial charge in [0.25, 0.3) is 5.91 Å². The first-order valence-electron chi connectivity index (χ1n) is 8.68. The molecule has 1 aliphatic carbocycles. The highest BCUT2D eigenvalue weighted by Crippen LogP contribution is 2.39. The number of thiophene rings is 1. The van der Waals surface area contributed by atoms with Crippen LogP contribution in [0.1, 0.15) is 39.7 Å². The van der Waals surface area contributed by atoms with Gasteiger partial charge in [0.1, 0.15) is 10.8 Å². The smallest absolute Gasteiger partial charge is 0.251 e. The molecule has 0 aliphatic heterocycles. The fourth-order valence-electron chi connectivity index (χ4n) is 3.24. The Balaban J connectivity index is 1.74. The molecule has 0 spiro atoms. The van der Waals surface area contributed by atoms with Crippen molar-refractivity contribution >= 4 is 39.8 Å². The number of halogens is 2. The summed E-state index contributed by atoms with van der Waals surface area (Å²) in [6.07, 6.45) is 2.71. The third-order valence-corrected chi connectivity index (χ3v) is 6.48. The lowest BCUT2D eigenvalue weighted by atomic mass is 10.1. The first kappa shape index (κ1) is 19.8. The molecule has 1 unspecified atom stereocenters. The molecule has 0 saturated heterocycles. The van der Waals surface area contributed by atoms with Crippen molar-refractivity contribution in [2.45, 2.75) is 38.8 Å². The van der Waals surface area contributed by atoms with E-state index in [2.05, 4.69) is 5.32 Å². The van der Waals surface area contributed by atoms with Gasteiger partial charge in [-0.15, -0.1) is 11.3 Å². The second-order valence-corrected chi connectivity index (χ2v) is 8.22. The van der Waals surface area contributed by atoms with Crippen molar-refractivity contribution < 1.29 is 14.0 Å². The molecule has 0 fully saturated rings. The highest BCUT2D eigenvalue weighted by molar-refractivity contribution is 7.17. The zero-order valence-electron chi connectivity index (χ0n) is 15.1. The number of primary amides is 1. The number of nitrogens with zero attached hydrogens (tertiary/aromatic N) is 1. The van der Waals surface area contributed by atoms with E-state index in [9.17, 15) is 14.0 Å². The van der Waals surface area contributed by atoms with Gasteiger partial charge in [0, 0.05) is 22.0 Å². The second kappa shape index (κ2) is 7.96. The van der Waals surface area contributed by atoms with Gasteiger partial charge in [-0.05, 0) is 50.9 Å². The number of anilines is 1. The maximum atomic E-state index is 14.0. The maximum absolute atomic E-state index is 14.0. The van der Waals surface area contributed by atoms with Gasteiger partial charge in [-0.3, -0.25) is 14.5 Å². The summed E-state index contributed by atoms with van der Waals surface area (Å²) in [5.74, 6) is -1.22. The van der Waals surface area contributed by atoms with Crippen LogP contribution in [0.3, 0.4) is 0 Å². The van der Waals surface area contributed by atoms with Crippen molar-refractivity contribution in [2.75, 3.05) is 12.4 Å². The number of rotatable bonds is 6. The zero-order chi connectivity index (χ0) is 19.7. The van der Waals surface area contributed by atoms with E-state index in [4.69, 9.17) is 17.3 Å². The number of fused-ring (bicyclic) bond motifs is 1. The molecule has 1 aromatic carbocycles. The summed E-state index contributed by atoms with van der Waals surface area (Å²) in [6.45, 7) is 1.90. The SMILES string of the molecule is CC(C(=O)Nc1sc2c(c1C(N)=O)CCC2)N(C)Cc1c(F)cccc1Cl. The fraction of sp³-hybridized carbons (Fsp3) is 0.368. The van der Waals surface area contributed by atoms with Crippen LogP contribution in [0.5, 0.6) is 0 Å². The van der Waals surface area contributed by atoms with Gasteiger partial charge in [0.2, 0.25) is 5.91 Å². The number of carbonyl (C=O) groups excluding carboxylic acids is 2. The maximum Gasteiger partial charge on any atom is 0.251 e. The van der Waals surface area contributed by atoms with Gasteiger partial charge in [-0.25, -0.2) is 4.39 Å². The van der Waals surface area contributed by atoms with Crippen molar-refractivity contribution in [3.05, 3.63) is 50.6 Å². The van der Waals surface area contributed by atoms with Gasteiger partial charge >= 0.3 is 0 Å². The first-order chi connectivity index (χ1) is 12.8. The Labute approximate surface area is 166 Å². The van der Waals surface area contributed by atoms with Crippen LogP contribution < -0.4 is 11.1 Å². The topological polar surface area (TPSA) is 75.4 Å². The number of amides is 2. The summed E-state index contributed by atoms with van der Waals surface area (Å²) in [6, 6.07) is 3.94. The summed E-state index contributed by atoms with van der Waals surface area (Å²) in [5.41, 5.74) is 7.25. The lowest BCUT2D eigenvalue weighted by Crippen LogP contribution is -2.39. The van der Waals surface area contributed by atoms with Crippen molar-refractivity contribution in [1.82, 2.24) is 4.90 Å². The Hall–Kier alpha value is -1.96. The normalized spacial score (nSPS) is 14.3. The average Bonchev–Trinajstić information content (AvgIpc) is 3.17. The molecule has 8 heteroatoms. The van der Waals surface area contributed by atoms with E-state index in [1.54, 1.807) is 31.0 Å². The molecule has 5 nitrogen and oxygen atoms in total. The molecule has 1 atom stereocenters. The van der Waals surface area contributed by atoms with E-state index in [-0.39, 0.29) is 12.5 Å². The quantitative estimate of drug-likeness (QED) is 0.765. The Morgan fingerprint density at radius 1 is 1.41 bits per heavy atom. The van der Waals surface area contributed by atoms with E-state index in [1.807, 2.05) is 0 Å². The first-order valence-corrected chi connectivity index (χ1v) is 9.87. The molecule has 0 saturated carbocycles. The van der Waals surface area contributed by atoms with Gasteiger partial charge in [0.05, 0.1) is 11.6 Å². The third kappa shape index (κ3) is 4.00.